The molecule has 1 saturated carbocycles. The van der Waals surface area contributed by atoms with E-state index >= 15 is 0 Å². The van der Waals surface area contributed by atoms with Gasteiger partial charge in [0, 0.05) is 27.5 Å². The normalized spacial score (nSPS) is 23.7. The third kappa shape index (κ3) is 2.75. The van der Waals surface area contributed by atoms with E-state index in [-0.39, 0.29) is 5.41 Å². The molecular formula is C14H17BrClN3. The van der Waals surface area contributed by atoms with Gasteiger partial charge in [0.2, 0.25) is 0 Å². The molecule has 0 radical (unpaired) electrons. The van der Waals surface area contributed by atoms with E-state index in [1.807, 2.05) is 6.07 Å². The van der Waals surface area contributed by atoms with Crippen LogP contribution < -0.4 is 10.6 Å². The van der Waals surface area contributed by atoms with Gasteiger partial charge < -0.3 is 10.6 Å². The Balaban J connectivity index is 1.70. The van der Waals surface area contributed by atoms with E-state index in [0.29, 0.717) is 6.04 Å². The third-order valence-corrected chi connectivity index (χ3v) is 4.66. The van der Waals surface area contributed by atoms with Crippen LogP contribution in [0, 0.1) is 0 Å². The minimum Gasteiger partial charge on any atom is -0.356 e. The number of hydrogen-bond donors (Lipinski definition) is 2. The average Bonchev–Trinajstić information content (AvgIpc) is 3.03. The molecule has 2 N–H and O–H groups in total. The predicted octanol–water partition coefficient (Wildman–Crippen LogP) is 3.07. The van der Waals surface area contributed by atoms with Crippen LogP contribution in [0.3, 0.4) is 0 Å². The summed E-state index contributed by atoms with van der Waals surface area (Å²) in [5.41, 5.74) is 1.44. The molecule has 0 spiro atoms. The summed E-state index contributed by atoms with van der Waals surface area (Å²) in [5.74, 6) is 0.923. The van der Waals surface area contributed by atoms with Crippen molar-refractivity contribution in [1.29, 1.82) is 0 Å². The Kier molecular flexibility index (Phi) is 3.48. The van der Waals surface area contributed by atoms with Gasteiger partial charge in [-0.3, -0.25) is 4.99 Å². The van der Waals surface area contributed by atoms with Crippen molar-refractivity contribution in [2.75, 3.05) is 13.1 Å². The standard InChI is InChI=1S/C14H17BrClN3/c1-9-7-17-13(19-9)18-8-14(4-5-14)11-3-2-10(15)6-12(11)16/h2-3,6,9H,4-5,7-8H2,1H3,(H2,17,18,19). The van der Waals surface area contributed by atoms with Crippen LogP contribution in [0.1, 0.15) is 25.3 Å². The van der Waals surface area contributed by atoms with Crippen molar-refractivity contribution >= 4 is 33.5 Å². The molecule has 0 aromatic heterocycles. The summed E-state index contributed by atoms with van der Waals surface area (Å²) in [5, 5.41) is 7.60. The Bertz CT molecular complexity index is 525. The smallest absolute Gasteiger partial charge is 0.191 e. The number of hydrogen-bond acceptors (Lipinski definition) is 3. The first-order valence-electron chi connectivity index (χ1n) is 6.59. The molecule has 0 bridgehead atoms. The van der Waals surface area contributed by atoms with Crippen LogP contribution in [0.5, 0.6) is 0 Å². The van der Waals surface area contributed by atoms with Crippen molar-refractivity contribution in [2.24, 2.45) is 4.99 Å². The molecule has 2 aliphatic rings. The Morgan fingerprint density at radius 3 is 2.89 bits per heavy atom. The Labute approximate surface area is 127 Å². The van der Waals surface area contributed by atoms with Gasteiger partial charge in [-0.25, -0.2) is 0 Å². The summed E-state index contributed by atoms with van der Waals surface area (Å²) in [6.45, 7) is 3.89. The summed E-state index contributed by atoms with van der Waals surface area (Å²) in [6.07, 6.45) is 2.37. The lowest BCUT2D eigenvalue weighted by atomic mass is 9.96. The minimum atomic E-state index is 0.188. The van der Waals surface area contributed by atoms with E-state index in [0.717, 1.165) is 28.5 Å². The topological polar surface area (TPSA) is 36.4 Å². The SMILES string of the molecule is CC1CN=C(NCC2(c3ccc(Br)cc3Cl)CC2)N1. The van der Waals surface area contributed by atoms with Crippen molar-refractivity contribution in [3.05, 3.63) is 33.3 Å². The molecule has 5 heteroatoms. The third-order valence-electron chi connectivity index (χ3n) is 3.86. The summed E-state index contributed by atoms with van der Waals surface area (Å²) in [6, 6.07) is 6.61. The largest absolute Gasteiger partial charge is 0.356 e. The molecule has 19 heavy (non-hydrogen) atoms. The number of halogens is 2. The van der Waals surface area contributed by atoms with E-state index in [1.165, 1.54) is 18.4 Å². The van der Waals surface area contributed by atoms with Gasteiger partial charge in [-0.05, 0) is 37.5 Å². The zero-order chi connectivity index (χ0) is 13.5. The second-order valence-electron chi connectivity index (χ2n) is 5.49. The second kappa shape index (κ2) is 4.98. The molecule has 1 aliphatic heterocycles. The van der Waals surface area contributed by atoms with Crippen molar-refractivity contribution in [1.82, 2.24) is 10.6 Å². The first kappa shape index (κ1) is 13.3. The van der Waals surface area contributed by atoms with Gasteiger partial charge in [0.15, 0.2) is 5.96 Å². The van der Waals surface area contributed by atoms with E-state index in [1.54, 1.807) is 0 Å². The summed E-state index contributed by atoms with van der Waals surface area (Å²) < 4.78 is 1.03. The molecule has 102 valence electrons. The fourth-order valence-corrected chi connectivity index (χ4v) is 3.40. The van der Waals surface area contributed by atoms with Crippen LogP contribution >= 0.6 is 27.5 Å². The quantitative estimate of drug-likeness (QED) is 0.885. The highest BCUT2D eigenvalue weighted by Gasteiger charge is 2.45. The molecule has 1 aromatic rings. The minimum absolute atomic E-state index is 0.188. The number of benzene rings is 1. The summed E-state index contributed by atoms with van der Waals surface area (Å²) >= 11 is 9.82. The van der Waals surface area contributed by atoms with Crippen LogP contribution in [-0.4, -0.2) is 25.1 Å². The van der Waals surface area contributed by atoms with Crippen molar-refractivity contribution in [2.45, 2.75) is 31.2 Å². The van der Waals surface area contributed by atoms with Gasteiger partial charge in [0.1, 0.15) is 0 Å². The molecule has 1 unspecified atom stereocenters. The number of guanidine groups is 1. The second-order valence-corrected chi connectivity index (χ2v) is 6.82. The number of nitrogens with one attached hydrogen (secondary N) is 2. The Morgan fingerprint density at radius 1 is 1.53 bits per heavy atom. The predicted molar refractivity (Wildman–Crippen MR) is 83.0 cm³/mol. The van der Waals surface area contributed by atoms with Gasteiger partial charge in [-0.2, -0.15) is 0 Å². The number of aliphatic imine (C=N–C) groups is 1. The molecule has 0 amide bonds. The molecule has 1 fully saturated rings. The number of nitrogens with zero attached hydrogens (tertiary/aromatic N) is 1. The van der Waals surface area contributed by atoms with Gasteiger partial charge in [0.25, 0.3) is 0 Å². The highest BCUT2D eigenvalue weighted by molar-refractivity contribution is 9.10. The van der Waals surface area contributed by atoms with Gasteiger partial charge in [-0.1, -0.05) is 33.6 Å². The molecule has 1 atom stereocenters. The fraction of sp³-hybridized carbons (Fsp3) is 0.500. The first-order valence-corrected chi connectivity index (χ1v) is 7.77. The van der Waals surface area contributed by atoms with Crippen molar-refractivity contribution in [3.8, 4) is 0 Å². The fourth-order valence-electron chi connectivity index (χ4n) is 2.52. The van der Waals surface area contributed by atoms with Gasteiger partial charge in [-0.15, -0.1) is 0 Å². The maximum absolute atomic E-state index is 6.37. The maximum Gasteiger partial charge on any atom is 0.191 e. The zero-order valence-electron chi connectivity index (χ0n) is 10.8. The van der Waals surface area contributed by atoms with E-state index < -0.39 is 0 Å². The van der Waals surface area contributed by atoms with Crippen LogP contribution in [0.2, 0.25) is 5.02 Å². The molecule has 3 rings (SSSR count). The molecule has 0 saturated heterocycles. The average molecular weight is 343 g/mol. The highest BCUT2D eigenvalue weighted by atomic mass is 79.9. The first-order chi connectivity index (χ1) is 9.09. The van der Waals surface area contributed by atoms with Gasteiger partial charge in [0.05, 0.1) is 6.54 Å². The van der Waals surface area contributed by atoms with Crippen molar-refractivity contribution < 1.29 is 0 Å². The molecule has 1 aliphatic carbocycles. The van der Waals surface area contributed by atoms with Crippen LogP contribution in [0.25, 0.3) is 0 Å². The highest BCUT2D eigenvalue weighted by Crippen LogP contribution is 2.50. The van der Waals surface area contributed by atoms with E-state index in [4.69, 9.17) is 11.6 Å². The van der Waals surface area contributed by atoms with Crippen LogP contribution in [0.4, 0.5) is 0 Å². The lowest BCUT2D eigenvalue weighted by Gasteiger charge is -2.19. The lowest BCUT2D eigenvalue weighted by Crippen LogP contribution is -2.41. The molecule has 1 heterocycles. The molecular weight excluding hydrogens is 326 g/mol. The van der Waals surface area contributed by atoms with E-state index in [9.17, 15) is 0 Å². The lowest BCUT2D eigenvalue weighted by molar-refractivity contribution is 0.644. The zero-order valence-corrected chi connectivity index (χ0v) is 13.2. The van der Waals surface area contributed by atoms with Crippen LogP contribution in [-0.2, 0) is 5.41 Å². The molecule has 3 nitrogen and oxygen atoms in total. The van der Waals surface area contributed by atoms with Gasteiger partial charge >= 0.3 is 0 Å². The van der Waals surface area contributed by atoms with Crippen LogP contribution in [0.15, 0.2) is 27.7 Å². The maximum atomic E-state index is 6.37. The Hall–Kier alpha value is -0.740. The molecule has 1 aromatic carbocycles. The monoisotopic (exact) mass is 341 g/mol. The van der Waals surface area contributed by atoms with E-state index in [2.05, 4.69) is 50.6 Å². The van der Waals surface area contributed by atoms with Crippen molar-refractivity contribution in [3.63, 3.8) is 0 Å². The summed E-state index contributed by atoms with van der Waals surface area (Å²) in [4.78, 5) is 4.43. The number of rotatable bonds is 3. The summed E-state index contributed by atoms with van der Waals surface area (Å²) in [7, 11) is 0. The Morgan fingerprint density at radius 2 is 2.32 bits per heavy atom.